The molecule has 0 fully saturated rings. The van der Waals surface area contributed by atoms with Crippen LogP contribution >= 0.6 is 0 Å². The fraction of sp³-hybridized carbons (Fsp3) is 0.800. The maximum Gasteiger partial charge on any atom is 0.306 e. The first-order chi connectivity index (χ1) is 7.06. The maximum absolute atomic E-state index is 11.1. The van der Waals surface area contributed by atoms with Crippen molar-refractivity contribution < 1.29 is 14.3 Å². The van der Waals surface area contributed by atoms with Crippen molar-refractivity contribution in [1.82, 2.24) is 10.4 Å². The molecule has 0 aliphatic heterocycles. The summed E-state index contributed by atoms with van der Waals surface area (Å²) in [6.07, 6.45) is 2.18. The number of nitrogens with one attached hydrogen (secondary N) is 1. The predicted octanol–water partition coefficient (Wildman–Crippen LogP) is 0.703. The van der Waals surface area contributed by atoms with Gasteiger partial charge in [-0.2, -0.15) is 0 Å². The molecule has 1 N–H and O–H groups in total. The summed E-state index contributed by atoms with van der Waals surface area (Å²) in [5.74, 6) is -0.482. The van der Waals surface area contributed by atoms with Crippen LogP contribution in [0.2, 0.25) is 0 Å². The molecule has 0 aromatic heterocycles. The second-order valence-electron chi connectivity index (χ2n) is 3.50. The molecule has 5 nitrogen and oxygen atoms in total. The van der Waals surface area contributed by atoms with Gasteiger partial charge in [-0.1, -0.05) is 13.3 Å². The molecule has 5 heteroatoms. The summed E-state index contributed by atoms with van der Waals surface area (Å²) in [5.41, 5.74) is 2.55. The number of hydrazine groups is 1. The van der Waals surface area contributed by atoms with E-state index >= 15 is 0 Å². The Balaban J connectivity index is 3.49. The molecule has 0 saturated carbocycles. The SMILES string of the molecule is CCCCOC(=O)CCC(=O)NN(C)C. The molecule has 15 heavy (non-hydrogen) atoms. The summed E-state index contributed by atoms with van der Waals surface area (Å²) in [4.78, 5) is 22.2. The molecule has 0 aliphatic rings. The Morgan fingerprint density at radius 3 is 2.47 bits per heavy atom. The Kier molecular flexibility index (Phi) is 7.62. The van der Waals surface area contributed by atoms with Crippen LogP contribution in [0.4, 0.5) is 0 Å². The molecule has 0 aliphatic carbocycles. The summed E-state index contributed by atoms with van der Waals surface area (Å²) >= 11 is 0. The number of ether oxygens (including phenoxy) is 1. The van der Waals surface area contributed by atoms with Gasteiger partial charge in [-0.15, -0.1) is 0 Å². The van der Waals surface area contributed by atoms with Crippen molar-refractivity contribution in [2.75, 3.05) is 20.7 Å². The summed E-state index contributed by atoms with van der Waals surface area (Å²) < 4.78 is 4.91. The van der Waals surface area contributed by atoms with Gasteiger partial charge in [-0.25, -0.2) is 5.01 Å². The van der Waals surface area contributed by atoms with Crippen LogP contribution < -0.4 is 5.43 Å². The lowest BCUT2D eigenvalue weighted by Crippen LogP contribution is -2.36. The second kappa shape index (κ2) is 8.23. The number of hydrogen-bond donors (Lipinski definition) is 1. The van der Waals surface area contributed by atoms with Gasteiger partial charge in [-0.05, 0) is 6.42 Å². The normalized spacial score (nSPS) is 10.1. The van der Waals surface area contributed by atoms with Gasteiger partial charge in [0.05, 0.1) is 13.0 Å². The van der Waals surface area contributed by atoms with Crippen molar-refractivity contribution >= 4 is 11.9 Å². The smallest absolute Gasteiger partial charge is 0.306 e. The van der Waals surface area contributed by atoms with Crippen molar-refractivity contribution in [2.24, 2.45) is 0 Å². The highest BCUT2D eigenvalue weighted by atomic mass is 16.5. The van der Waals surface area contributed by atoms with Gasteiger partial charge < -0.3 is 4.74 Å². The van der Waals surface area contributed by atoms with E-state index in [0.717, 1.165) is 12.8 Å². The minimum atomic E-state index is -0.308. The van der Waals surface area contributed by atoms with Crippen LogP contribution in [-0.4, -0.2) is 37.6 Å². The van der Waals surface area contributed by atoms with Crippen molar-refractivity contribution in [3.05, 3.63) is 0 Å². The molecule has 0 aromatic carbocycles. The Morgan fingerprint density at radius 2 is 1.93 bits per heavy atom. The van der Waals surface area contributed by atoms with Gasteiger partial charge in [-0.3, -0.25) is 15.0 Å². The van der Waals surface area contributed by atoms with Crippen LogP contribution in [0.25, 0.3) is 0 Å². The lowest BCUT2D eigenvalue weighted by atomic mass is 10.3. The lowest BCUT2D eigenvalue weighted by molar-refractivity contribution is -0.145. The first-order valence-electron chi connectivity index (χ1n) is 5.18. The number of unbranched alkanes of at least 4 members (excludes halogenated alkanes) is 1. The average molecular weight is 216 g/mol. The van der Waals surface area contributed by atoms with Crippen molar-refractivity contribution in [3.63, 3.8) is 0 Å². The zero-order chi connectivity index (χ0) is 11.7. The minimum Gasteiger partial charge on any atom is -0.466 e. The molecule has 0 rings (SSSR count). The molecular weight excluding hydrogens is 196 g/mol. The van der Waals surface area contributed by atoms with E-state index in [-0.39, 0.29) is 24.7 Å². The maximum atomic E-state index is 11.1. The third-order valence-electron chi connectivity index (χ3n) is 1.67. The molecule has 0 aromatic rings. The van der Waals surface area contributed by atoms with Gasteiger partial charge in [0.1, 0.15) is 0 Å². The number of esters is 1. The van der Waals surface area contributed by atoms with Crippen LogP contribution in [0.3, 0.4) is 0 Å². The molecule has 0 spiro atoms. The predicted molar refractivity (Wildman–Crippen MR) is 56.9 cm³/mol. The van der Waals surface area contributed by atoms with Crippen molar-refractivity contribution in [2.45, 2.75) is 32.6 Å². The van der Waals surface area contributed by atoms with Crippen molar-refractivity contribution in [1.29, 1.82) is 0 Å². The van der Waals surface area contributed by atoms with E-state index in [4.69, 9.17) is 4.74 Å². The van der Waals surface area contributed by atoms with Gasteiger partial charge in [0, 0.05) is 20.5 Å². The minimum absolute atomic E-state index is 0.142. The summed E-state index contributed by atoms with van der Waals surface area (Å²) in [7, 11) is 3.44. The Bertz CT molecular complexity index is 205. The van der Waals surface area contributed by atoms with Crippen LogP contribution in [-0.2, 0) is 14.3 Å². The topological polar surface area (TPSA) is 58.6 Å². The Hall–Kier alpha value is -1.10. The average Bonchev–Trinajstić information content (AvgIpc) is 2.14. The summed E-state index contributed by atoms with van der Waals surface area (Å²) in [6, 6.07) is 0. The molecular formula is C10H20N2O3. The van der Waals surface area contributed by atoms with Crippen LogP contribution in [0, 0.1) is 0 Å². The molecule has 0 saturated heterocycles. The highest BCUT2D eigenvalue weighted by molar-refractivity contribution is 5.80. The van der Waals surface area contributed by atoms with Gasteiger partial charge in [0.15, 0.2) is 0 Å². The largest absolute Gasteiger partial charge is 0.466 e. The fourth-order valence-corrected chi connectivity index (χ4v) is 0.923. The van der Waals surface area contributed by atoms with E-state index in [2.05, 4.69) is 5.43 Å². The van der Waals surface area contributed by atoms with E-state index in [1.807, 2.05) is 6.92 Å². The quantitative estimate of drug-likeness (QED) is 0.387. The summed E-state index contributed by atoms with van der Waals surface area (Å²) in [5, 5.41) is 1.55. The number of carbonyl (C=O) groups is 2. The highest BCUT2D eigenvalue weighted by Crippen LogP contribution is 1.95. The van der Waals surface area contributed by atoms with E-state index in [9.17, 15) is 9.59 Å². The van der Waals surface area contributed by atoms with E-state index in [0.29, 0.717) is 6.61 Å². The molecule has 0 atom stereocenters. The third-order valence-corrected chi connectivity index (χ3v) is 1.67. The van der Waals surface area contributed by atoms with Gasteiger partial charge >= 0.3 is 5.97 Å². The van der Waals surface area contributed by atoms with Crippen LogP contribution in [0.15, 0.2) is 0 Å². The number of amides is 1. The molecule has 88 valence electrons. The standard InChI is InChI=1S/C10H20N2O3/c1-4-5-8-15-10(14)7-6-9(13)11-12(2)3/h4-8H2,1-3H3,(H,11,13). The first kappa shape index (κ1) is 13.9. The zero-order valence-electron chi connectivity index (χ0n) is 9.71. The lowest BCUT2D eigenvalue weighted by Gasteiger charge is -2.11. The Morgan fingerprint density at radius 1 is 1.27 bits per heavy atom. The first-order valence-corrected chi connectivity index (χ1v) is 5.18. The molecule has 0 radical (unpaired) electrons. The number of rotatable bonds is 7. The third kappa shape index (κ3) is 9.21. The Labute approximate surface area is 90.7 Å². The fourth-order valence-electron chi connectivity index (χ4n) is 0.923. The molecule has 1 amide bonds. The van der Waals surface area contributed by atoms with Crippen LogP contribution in [0.5, 0.6) is 0 Å². The van der Waals surface area contributed by atoms with Crippen molar-refractivity contribution in [3.8, 4) is 0 Å². The number of hydrogen-bond acceptors (Lipinski definition) is 4. The van der Waals surface area contributed by atoms with E-state index < -0.39 is 0 Å². The molecule has 0 bridgehead atoms. The highest BCUT2D eigenvalue weighted by Gasteiger charge is 2.07. The zero-order valence-corrected chi connectivity index (χ0v) is 9.71. The van der Waals surface area contributed by atoms with E-state index in [1.54, 1.807) is 19.1 Å². The number of nitrogens with zero attached hydrogens (tertiary/aromatic N) is 1. The second-order valence-corrected chi connectivity index (χ2v) is 3.50. The van der Waals surface area contributed by atoms with E-state index in [1.165, 1.54) is 0 Å². The van der Waals surface area contributed by atoms with Gasteiger partial charge in [0.2, 0.25) is 5.91 Å². The number of carbonyl (C=O) groups excluding carboxylic acids is 2. The monoisotopic (exact) mass is 216 g/mol. The van der Waals surface area contributed by atoms with Crippen LogP contribution in [0.1, 0.15) is 32.6 Å². The summed E-state index contributed by atoms with van der Waals surface area (Å²) in [6.45, 7) is 2.48. The molecule has 0 heterocycles. The molecule has 0 unspecified atom stereocenters. The van der Waals surface area contributed by atoms with Gasteiger partial charge in [0.25, 0.3) is 0 Å².